The third-order valence-electron chi connectivity index (χ3n) is 3.08. The Morgan fingerprint density at radius 1 is 1.29 bits per heavy atom. The van der Waals surface area contributed by atoms with Crippen LogP contribution in [0.5, 0.6) is 5.75 Å². The number of phenols is 1. The van der Waals surface area contributed by atoms with Gasteiger partial charge in [0, 0.05) is 6.20 Å². The molecule has 0 saturated carbocycles. The minimum atomic E-state index is -1.12. The van der Waals surface area contributed by atoms with Gasteiger partial charge in [0.05, 0.1) is 10.0 Å². The Bertz CT molecular complexity index is 796. The Labute approximate surface area is 148 Å². The van der Waals surface area contributed by atoms with E-state index in [2.05, 4.69) is 10.3 Å². The maximum atomic E-state index is 12.1. The number of rotatable bonds is 4. The number of carbonyl (C=O) groups excluding carboxylic acids is 2. The fraction of sp³-hybridized carbons (Fsp3) is 0.188. The first kappa shape index (κ1) is 18.0. The number of hydrogen-bond acceptors (Lipinski definition) is 5. The van der Waals surface area contributed by atoms with Crippen LogP contribution in [0.3, 0.4) is 0 Å². The number of pyridine rings is 1. The Morgan fingerprint density at radius 2 is 2.00 bits per heavy atom. The minimum Gasteiger partial charge on any atom is -0.507 e. The van der Waals surface area contributed by atoms with Crippen LogP contribution in [-0.2, 0) is 9.53 Å². The molecule has 1 aromatic heterocycles. The van der Waals surface area contributed by atoms with E-state index in [1.54, 1.807) is 13.0 Å². The van der Waals surface area contributed by atoms with E-state index in [9.17, 15) is 14.7 Å². The van der Waals surface area contributed by atoms with Crippen molar-refractivity contribution in [3.63, 3.8) is 0 Å². The van der Waals surface area contributed by atoms with Gasteiger partial charge in [0.2, 0.25) is 0 Å². The van der Waals surface area contributed by atoms with Crippen LogP contribution in [0.1, 0.15) is 22.8 Å². The SMILES string of the molecule is Cc1ccc(C(=O)O[C@@H](C)C(=O)Nc2ncc(Cl)cc2Cl)c(O)c1. The molecule has 0 aliphatic heterocycles. The van der Waals surface area contributed by atoms with E-state index < -0.39 is 18.0 Å². The quantitative estimate of drug-likeness (QED) is 0.805. The fourth-order valence-corrected chi connectivity index (χ4v) is 2.24. The molecular formula is C16H14Cl2N2O4. The van der Waals surface area contributed by atoms with Crippen molar-refractivity contribution in [3.8, 4) is 5.75 Å². The molecule has 2 N–H and O–H groups in total. The number of halogens is 2. The number of phenolic OH excluding ortho intramolecular Hbond substituents is 1. The molecule has 2 aromatic rings. The van der Waals surface area contributed by atoms with Crippen molar-refractivity contribution >= 4 is 40.9 Å². The summed E-state index contributed by atoms with van der Waals surface area (Å²) in [6.45, 7) is 3.16. The maximum Gasteiger partial charge on any atom is 0.342 e. The summed E-state index contributed by atoms with van der Waals surface area (Å²) in [5.74, 6) is -1.54. The highest BCUT2D eigenvalue weighted by atomic mass is 35.5. The van der Waals surface area contributed by atoms with E-state index in [1.807, 2.05) is 0 Å². The summed E-state index contributed by atoms with van der Waals surface area (Å²) in [5.41, 5.74) is 0.765. The van der Waals surface area contributed by atoms with Crippen LogP contribution >= 0.6 is 23.2 Å². The molecule has 6 nitrogen and oxygen atoms in total. The molecule has 0 fully saturated rings. The van der Waals surface area contributed by atoms with E-state index in [-0.39, 0.29) is 22.2 Å². The zero-order valence-corrected chi connectivity index (χ0v) is 14.4. The number of nitrogens with zero attached hydrogens (tertiary/aromatic N) is 1. The molecule has 0 radical (unpaired) electrons. The standard InChI is InChI=1S/C16H14Cl2N2O4/c1-8-3-4-11(13(21)5-8)16(23)24-9(2)15(22)20-14-12(18)6-10(17)7-19-14/h3-7,9,21H,1-2H3,(H,19,20,22)/t9-/m0/s1. The first-order valence-electron chi connectivity index (χ1n) is 6.90. The molecule has 0 spiro atoms. The monoisotopic (exact) mass is 368 g/mol. The number of aromatic nitrogens is 1. The van der Waals surface area contributed by atoms with Crippen LogP contribution in [-0.4, -0.2) is 28.1 Å². The summed E-state index contributed by atoms with van der Waals surface area (Å²) in [6, 6.07) is 5.93. The Kier molecular flexibility index (Phi) is 5.64. The van der Waals surface area contributed by atoms with Gasteiger partial charge in [-0.1, -0.05) is 29.3 Å². The Hall–Kier alpha value is -2.31. The topological polar surface area (TPSA) is 88.5 Å². The molecule has 1 heterocycles. The highest BCUT2D eigenvalue weighted by molar-refractivity contribution is 6.36. The second-order valence-electron chi connectivity index (χ2n) is 5.04. The maximum absolute atomic E-state index is 12.1. The van der Waals surface area contributed by atoms with Gasteiger partial charge in [0.25, 0.3) is 5.91 Å². The number of anilines is 1. The van der Waals surface area contributed by atoms with Crippen LogP contribution in [0.25, 0.3) is 0 Å². The van der Waals surface area contributed by atoms with Crippen molar-refractivity contribution < 1.29 is 19.4 Å². The van der Waals surface area contributed by atoms with Crippen LogP contribution in [0.15, 0.2) is 30.5 Å². The Balaban J connectivity index is 2.04. The zero-order chi connectivity index (χ0) is 17.9. The van der Waals surface area contributed by atoms with Crippen molar-refractivity contribution in [1.82, 2.24) is 4.98 Å². The largest absolute Gasteiger partial charge is 0.507 e. The molecule has 126 valence electrons. The molecule has 24 heavy (non-hydrogen) atoms. The first-order valence-corrected chi connectivity index (χ1v) is 7.66. The average molecular weight is 369 g/mol. The minimum absolute atomic E-state index is 0.0251. The fourth-order valence-electron chi connectivity index (χ4n) is 1.82. The van der Waals surface area contributed by atoms with Crippen molar-refractivity contribution in [3.05, 3.63) is 51.6 Å². The summed E-state index contributed by atoms with van der Waals surface area (Å²) >= 11 is 11.6. The second kappa shape index (κ2) is 7.51. The number of amides is 1. The molecule has 2 rings (SSSR count). The van der Waals surface area contributed by atoms with E-state index in [0.29, 0.717) is 5.02 Å². The van der Waals surface area contributed by atoms with Gasteiger partial charge in [-0.15, -0.1) is 0 Å². The molecule has 1 aromatic carbocycles. The average Bonchev–Trinajstić information content (AvgIpc) is 2.49. The lowest BCUT2D eigenvalue weighted by molar-refractivity contribution is -0.123. The third-order valence-corrected chi connectivity index (χ3v) is 3.57. The smallest absolute Gasteiger partial charge is 0.342 e. The van der Waals surface area contributed by atoms with Gasteiger partial charge in [-0.3, -0.25) is 4.79 Å². The van der Waals surface area contributed by atoms with Gasteiger partial charge >= 0.3 is 5.97 Å². The van der Waals surface area contributed by atoms with Crippen molar-refractivity contribution in [2.45, 2.75) is 20.0 Å². The van der Waals surface area contributed by atoms with Crippen molar-refractivity contribution in [2.24, 2.45) is 0 Å². The molecule has 0 aliphatic carbocycles. The van der Waals surface area contributed by atoms with Crippen molar-refractivity contribution in [1.29, 1.82) is 0 Å². The number of benzene rings is 1. The molecule has 0 bridgehead atoms. The summed E-state index contributed by atoms with van der Waals surface area (Å²) in [6.07, 6.45) is 0.205. The van der Waals surface area contributed by atoms with Gasteiger partial charge in [0.1, 0.15) is 11.3 Å². The molecule has 1 amide bonds. The Morgan fingerprint density at radius 3 is 2.62 bits per heavy atom. The van der Waals surface area contributed by atoms with E-state index in [4.69, 9.17) is 27.9 Å². The summed E-state index contributed by atoms with van der Waals surface area (Å²) in [7, 11) is 0. The van der Waals surface area contributed by atoms with E-state index >= 15 is 0 Å². The predicted molar refractivity (Wildman–Crippen MR) is 90.6 cm³/mol. The lowest BCUT2D eigenvalue weighted by Crippen LogP contribution is -2.30. The first-order chi connectivity index (χ1) is 11.3. The summed E-state index contributed by atoms with van der Waals surface area (Å²) < 4.78 is 5.05. The molecular weight excluding hydrogens is 355 g/mol. The number of hydrogen-bond donors (Lipinski definition) is 2. The number of aryl methyl sites for hydroxylation is 1. The number of aromatic hydroxyl groups is 1. The zero-order valence-electron chi connectivity index (χ0n) is 12.8. The number of carbonyl (C=O) groups is 2. The molecule has 0 aliphatic rings. The van der Waals surface area contributed by atoms with Crippen LogP contribution in [0.2, 0.25) is 10.0 Å². The molecule has 1 atom stereocenters. The lowest BCUT2D eigenvalue weighted by atomic mass is 10.1. The van der Waals surface area contributed by atoms with Crippen LogP contribution in [0, 0.1) is 6.92 Å². The highest BCUT2D eigenvalue weighted by Crippen LogP contribution is 2.23. The number of nitrogens with one attached hydrogen (secondary N) is 1. The molecule has 0 saturated heterocycles. The van der Waals surface area contributed by atoms with E-state index in [0.717, 1.165) is 5.56 Å². The molecule has 0 unspecified atom stereocenters. The third kappa shape index (κ3) is 4.37. The van der Waals surface area contributed by atoms with Crippen molar-refractivity contribution in [2.75, 3.05) is 5.32 Å². The van der Waals surface area contributed by atoms with Gasteiger partial charge in [-0.25, -0.2) is 9.78 Å². The van der Waals surface area contributed by atoms with Gasteiger partial charge in [-0.05, 0) is 37.6 Å². The number of ether oxygens (including phenoxy) is 1. The van der Waals surface area contributed by atoms with Crippen LogP contribution in [0.4, 0.5) is 5.82 Å². The predicted octanol–water partition coefficient (Wildman–Crippen LogP) is 3.59. The van der Waals surface area contributed by atoms with Crippen LogP contribution < -0.4 is 5.32 Å². The lowest BCUT2D eigenvalue weighted by Gasteiger charge is -2.14. The molecule has 8 heteroatoms. The number of esters is 1. The summed E-state index contributed by atoms with van der Waals surface area (Å²) in [4.78, 5) is 28.0. The highest BCUT2D eigenvalue weighted by Gasteiger charge is 2.22. The van der Waals surface area contributed by atoms with Gasteiger partial charge in [-0.2, -0.15) is 0 Å². The van der Waals surface area contributed by atoms with Gasteiger partial charge < -0.3 is 15.2 Å². The van der Waals surface area contributed by atoms with Gasteiger partial charge in [0.15, 0.2) is 11.9 Å². The van der Waals surface area contributed by atoms with E-state index in [1.165, 1.54) is 31.3 Å². The summed E-state index contributed by atoms with van der Waals surface area (Å²) in [5, 5.41) is 12.7. The second-order valence-corrected chi connectivity index (χ2v) is 5.88. The normalized spacial score (nSPS) is 11.7.